The summed E-state index contributed by atoms with van der Waals surface area (Å²) in [5, 5.41) is 2.92. The molecular formula is C15H17IN2O. The average molecular weight is 368 g/mol. The molecule has 0 saturated heterocycles. The topological polar surface area (TPSA) is 33.0 Å². The van der Waals surface area contributed by atoms with Gasteiger partial charge in [0.1, 0.15) is 12.6 Å². The summed E-state index contributed by atoms with van der Waals surface area (Å²) in [5.74, 6) is -0.0258. The molecule has 100 valence electrons. The molecule has 0 radical (unpaired) electrons. The van der Waals surface area contributed by atoms with Crippen LogP contribution in [0.25, 0.3) is 0 Å². The second-order valence-electron chi connectivity index (χ2n) is 4.25. The van der Waals surface area contributed by atoms with Crippen LogP contribution in [-0.4, -0.2) is 12.5 Å². The number of halogens is 1. The van der Waals surface area contributed by atoms with Gasteiger partial charge in [0.2, 0.25) is 0 Å². The standard InChI is InChI=1S/C15H16N2O.HI/c1-17-11-5-8-14(12-17)15(18)16-10-9-13-6-3-2-4-7-13;/h2-8,11-12H,9-10H2,1H3;1H. The van der Waals surface area contributed by atoms with Crippen LogP contribution in [-0.2, 0) is 13.5 Å². The molecule has 0 fully saturated rings. The first-order valence-electron chi connectivity index (χ1n) is 6.03. The predicted molar refractivity (Wildman–Crippen MR) is 70.1 cm³/mol. The Morgan fingerprint density at radius 3 is 2.58 bits per heavy atom. The van der Waals surface area contributed by atoms with Gasteiger partial charge in [-0.15, -0.1) is 0 Å². The van der Waals surface area contributed by atoms with Gasteiger partial charge in [0.05, 0.1) is 0 Å². The van der Waals surface area contributed by atoms with E-state index in [2.05, 4.69) is 17.4 Å². The van der Waals surface area contributed by atoms with E-state index in [1.165, 1.54) is 5.56 Å². The van der Waals surface area contributed by atoms with E-state index in [-0.39, 0.29) is 29.9 Å². The number of amides is 1. The van der Waals surface area contributed by atoms with Crippen molar-refractivity contribution in [1.29, 1.82) is 0 Å². The average Bonchev–Trinajstić information content (AvgIpc) is 2.40. The molecule has 2 rings (SSSR count). The Kier molecular flexibility index (Phi) is 6.49. The lowest BCUT2D eigenvalue weighted by atomic mass is 10.1. The lowest BCUT2D eigenvalue weighted by molar-refractivity contribution is -0.671. The van der Waals surface area contributed by atoms with Gasteiger partial charge in [0.15, 0.2) is 12.4 Å². The van der Waals surface area contributed by atoms with E-state index in [0.717, 1.165) is 6.42 Å². The van der Waals surface area contributed by atoms with Crippen molar-refractivity contribution in [3.8, 4) is 0 Å². The van der Waals surface area contributed by atoms with Crippen LogP contribution in [0.15, 0.2) is 54.9 Å². The van der Waals surface area contributed by atoms with E-state index in [4.69, 9.17) is 0 Å². The second-order valence-corrected chi connectivity index (χ2v) is 4.25. The molecule has 4 heteroatoms. The van der Waals surface area contributed by atoms with E-state index in [1.807, 2.05) is 54.3 Å². The number of nitrogens with one attached hydrogen (secondary N) is 1. The van der Waals surface area contributed by atoms with Crippen molar-refractivity contribution in [1.82, 2.24) is 5.32 Å². The van der Waals surface area contributed by atoms with Gasteiger partial charge in [-0.2, -0.15) is 0 Å². The van der Waals surface area contributed by atoms with Gasteiger partial charge in [-0.05, 0) is 18.1 Å². The Bertz CT molecular complexity index is 529. The Balaban J connectivity index is 0.00000180. The highest BCUT2D eigenvalue weighted by Crippen LogP contribution is 1.99. The van der Waals surface area contributed by atoms with Crippen molar-refractivity contribution in [3.05, 3.63) is 66.0 Å². The van der Waals surface area contributed by atoms with Crippen molar-refractivity contribution in [2.24, 2.45) is 7.05 Å². The number of hydrogen-bond donors (Lipinski definition) is 1. The van der Waals surface area contributed by atoms with Gasteiger partial charge < -0.3 is 29.3 Å². The first-order chi connectivity index (χ1) is 8.75. The number of aromatic nitrogens is 1. The number of carbonyl (C=O) groups is 1. The van der Waals surface area contributed by atoms with Gasteiger partial charge in [-0.3, -0.25) is 4.79 Å². The number of nitrogens with zero attached hydrogens (tertiary/aromatic N) is 1. The van der Waals surface area contributed by atoms with Crippen LogP contribution in [0.2, 0.25) is 0 Å². The summed E-state index contributed by atoms with van der Waals surface area (Å²) >= 11 is 0. The normalized spacial score (nSPS) is 9.53. The summed E-state index contributed by atoms with van der Waals surface area (Å²) in [7, 11) is 1.90. The van der Waals surface area contributed by atoms with Crippen LogP contribution in [0.1, 0.15) is 15.9 Å². The zero-order valence-corrected chi connectivity index (χ0v) is 13.0. The Morgan fingerprint density at radius 2 is 1.89 bits per heavy atom. The molecule has 3 nitrogen and oxygen atoms in total. The maximum absolute atomic E-state index is 11.9. The molecule has 0 spiro atoms. The SMILES string of the molecule is C[n+]1cccc(C(=O)NCCc2ccccc2)c1.[I-]. The molecule has 2 aromatic rings. The molecule has 1 N–H and O–H groups in total. The van der Waals surface area contributed by atoms with E-state index >= 15 is 0 Å². The molecule has 1 amide bonds. The molecule has 19 heavy (non-hydrogen) atoms. The minimum absolute atomic E-state index is 0. The highest BCUT2D eigenvalue weighted by Gasteiger charge is 2.07. The smallest absolute Gasteiger partial charge is 0.257 e. The van der Waals surface area contributed by atoms with Gasteiger partial charge in [-0.1, -0.05) is 30.3 Å². The molecule has 0 unspecified atom stereocenters. The number of aryl methyl sites for hydroxylation is 1. The predicted octanol–water partition coefficient (Wildman–Crippen LogP) is -1.51. The fraction of sp³-hybridized carbons (Fsp3) is 0.200. The first-order valence-corrected chi connectivity index (χ1v) is 6.03. The lowest BCUT2D eigenvalue weighted by Gasteiger charge is -2.04. The molecule has 1 aromatic heterocycles. The highest BCUT2D eigenvalue weighted by molar-refractivity contribution is 5.93. The van der Waals surface area contributed by atoms with Crippen molar-refractivity contribution in [2.75, 3.05) is 6.54 Å². The highest BCUT2D eigenvalue weighted by atomic mass is 127. The molecular weight excluding hydrogens is 351 g/mol. The molecule has 0 bridgehead atoms. The molecule has 0 saturated carbocycles. The Labute approximate surface area is 130 Å². The summed E-state index contributed by atoms with van der Waals surface area (Å²) in [6.07, 6.45) is 4.57. The summed E-state index contributed by atoms with van der Waals surface area (Å²) in [4.78, 5) is 11.9. The third-order valence-corrected chi connectivity index (χ3v) is 2.74. The third kappa shape index (κ3) is 4.98. The zero-order chi connectivity index (χ0) is 12.8. The van der Waals surface area contributed by atoms with E-state index < -0.39 is 0 Å². The van der Waals surface area contributed by atoms with Crippen molar-refractivity contribution in [2.45, 2.75) is 6.42 Å². The number of carbonyl (C=O) groups excluding carboxylic acids is 1. The van der Waals surface area contributed by atoms with Crippen LogP contribution >= 0.6 is 0 Å². The lowest BCUT2D eigenvalue weighted by Crippen LogP contribution is -3.00. The van der Waals surface area contributed by atoms with Crippen LogP contribution < -0.4 is 33.9 Å². The minimum atomic E-state index is -0.0258. The largest absolute Gasteiger partial charge is 1.00 e. The quantitative estimate of drug-likeness (QED) is 0.517. The maximum Gasteiger partial charge on any atom is 0.257 e. The van der Waals surface area contributed by atoms with Gasteiger partial charge >= 0.3 is 0 Å². The van der Waals surface area contributed by atoms with Gasteiger partial charge in [0, 0.05) is 12.6 Å². The van der Waals surface area contributed by atoms with Crippen LogP contribution in [0, 0.1) is 0 Å². The van der Waals surface area contributed by atoms with Crippen molar-refractivity contribution >= 4 is 5.91 Å². The molecule has 1 aromatic carbocycles. The Morgan fingerprint density at radius 1 is 1.16 bits per heavy atom. The van der Waals surface area contributed by atoms with Crippen LogP contribution in [0.4, 0.5) is 0 Å². The van der Waals surface area contributed by atoms with E-state index in [1.54, 1.807) is 0 Å². The molecule has 0 atom stereocenters. The van der Waals surface area contributed by atoms with Gasteiger partial charge in [0.25, 0.3) is 5.91 Å². The third-order valence-electron chi connectivity index (χ3n) is 2.74. The molecule has 0 aliphatic heterocycles. The van der Waals surface area contributed by atoms with Gasteiger partial charge in [-0.25, -0.2) is 4.57 Å². The molecule has 0 aliphatic carbocycles. The zero-order valence-electron chi connectivity index (χ0n) is 10.8. The molecule has 1 heterocycles. The summed E-state index contributed by atoms with van der Waals surface area (Å²) < 4.78 is 1.87. The fourth-order valence-corrected chi connectivity index (χ4v) is 1.79. The maximum atomic E-state index is 11.9. The number of rotatable bonds is 4. The van der Waals surface area contributed by atoms with Crippen LogP contribution in [0.5, 0.6) is 0 Å². The number of benzene rings is 1. The summed E-state index contributed by atoms with van der Waals surface area (Å²) in [6.45, 7) is 0.654. The first kappa shape index (κ1) is 15.6. The van der Waals surface area contributed by atoms with Crippen molar-refractivity contribution < 1.29 is 33.3 Å². The number of pyridine rings is 1. The monoisotopic (exact) mass is 368 g/mol. The second kappa shape index (κ2) is 7.89. The fourth-order valence-electron chi connectivity index (χ4n) is 1.79. The Hall–Kier alpha value is -1.43. The summed E-state index contributed by atoms with van der Waals surface area (Å²) in [6, 6.07) is 13.8. The van der Waals surface area contributed by atoms with E-state index in [0.29, 0.717) is 12.1 Å². The van der Waals surface area contributed by atoms with E-state index in [9.17, 15) is 4.79 Å². The summed E-state index contributed by atoms with van der Waals surface area (Å²) in [5.41, 5.74) is 1.92. The van der Waals surface area contributed by atoms with Crippen LogP contribution in [0.3, 0.4) is 0 Å². The minimum Gasteiger partial charge on any atom is -1.00 e. The van der Waals surface area contributed by atoms with Crippen molar-refractivity contribution in [3.63, 3.8) is 0 Å². The molecule has 0 aliphatic rings. The number of hydrogen-bond acceptors (Lipinski definition) is 1.